The molecule has 0 aliphatic heterocycles. The second kappa shape index (κ2) is 7.38. The number of aromatic nitrogens is 2. The molecule has 0 aliphatic rings. The third-order valence-corrected chi connectivity index (χ3v) is 4.22. The Morgan fingerprint density at radius 3 is 2.60 bits per heavy atom. The summed E-state index contributed by atoms with van der Waals surface area (Å²) < 4.78 is 7.41. The molecular formula is C20H23N3O2. The fourth-order valence-electron chi connectivity index (χ4n) is 2.87. The van der Waals surface area contributed by atoms with Crippen molar-refractivity contribution >= 4 is 16.9 Å². The molecule has 1 amide bonds. The van der Waals surface area contributed by atoms with Gasteiger partial charge in [-0.05, 0) is 43.7 Å². The maximum absolute atomic E-state index is 12.6. The number of likely N-dealkylation sites (N-methyl/N-ethyl adjacent to an activating group) is 1. The Balaban J connectivity index is 1.68. The predicted molar refractivity (Wildman–Crippen MR) is 98.6 cm³/mol. The van der Waals surface area contributed by atoms with Gasteiger partial charge in [0.2, 0.25) is 5.91 Å². The maximum Gasteiger partial charge on any atom is 0.242 e. The minimum absolute atomic E-state index is 0.0557. The molecule has 25 heavy (non-hydrogen) atoms. The first kappa shape index (κ1) is 17.0. The molecule has 1 aromatic heterocycles. The van der Waals surface area contributed by atoms with Crippen molar-refractivity contribution in [1.82, 2.24) is 14.5 Å². The highest BCUT2D eigenvalue weighted by molar-refractivity contribution is 5.81. The van der Waals surface area contributed by atoms with Crippen LogP contribution >= 0.6 is 0 Å². The number of hydrogen-bond acceptors (Lipinski definition) is 3. The number of imidazole rings is 1. The number of hydrogen-bond donors (Lipinski definition) is 0. The van der Waals surface area contributed by atoms with Crippen molar-refractivity contribution in [2.45, 2.75) is 26.9 Å². The van der Waals surface area contributed by atoms with Gasteiger partial charge in [0, 0.05) is 13.6 Å². The van der Waals surface area contributed by atoms with E-state index >= 15 is 0 Å². The second-order valence-electron chi connectivity index (χ2n) is 6.06. The van der Waals surface area contributed by atoms with E-state index in [0.717, 1.165) is 28.2 Å². The van der Waals surface area contributed by atoms with Crippen LogP contribution in [0.4, 0.5) is 0 Å². The molecule has 0 radical (unpaired) electrons. The number of fused-ring (bicyclic) bond motifs is 1. The number of aryl methyl sites for hydroxylation is 1. The lowest BCUT2D eigenvalue weighted by molar-refractivity contribution is -0.131. The maximum atomic E-state index is 12.6. The summed E-state index contributed by atoms with van der Waals surface area (Å²) in [7, 11) is 1.83. The SMILES string of the molecule is CCOc1ccc(CN(C)C(=O)Cn2c(C)nc3ccccc32)cc1. The molecule has 0 fully saturated rings. The molecule has 1 heterocycles. The Morgan fingerprint density at radius 1 is 1.16 bits per heavy atom. The highest BCUT2D eigenvalue weighted by atomic mass is 16.5. The van der Waals surface area contributed by atoms with Gasteiger partial charge in [-0.3, -0.25) is 4.79 Å². The van der Waals surface area contributed by atoms with Gasteiger partial charge in [0.25, 0.3) is 0 Å². The van der Waals surface area contributed by atoms with Crippen LogP contribution in [0.3, 0.4) is 0 Å². The van der Waals surface area contributed by atoms with Crippen LogP contribution in [-0.2, 0) is 17.9 Å². The minimum atomic E-state index is 0.0557. The monoisotopic (exact) mass is 337 g/mol. The Kier molecular flexibility index (Phi) is 5.03. The van der Waals surface area contributed by atoms with Gasteiger partial charge in [0.15, 0.2) is 0 Å². The molecule has 2 aromatic carbocycles. The lowest BCUT2D eigenvalue weighted by Crippen LogP contribution is -2.30. The number of benzene rings is 2. The van der Waals surface area contributed by atoms with Crippen LogP contribution in [0.5, 0.6) is 5.75 Å². The number of rotatable bonds is 6. The van der Waals surface area contributed by atoms with Crippen LogP contribution < -0.4 is 4.74 Å². The number of para-hydroxylation sites is 2. The van der Waals surface area contributed by atoms with E-state index in [1.165, 1.54) is 0 Å². The minimum Gasteiger partial charge on any atom is -0.494 e. The summed E-state index contributed by atoms with van der Waals surface area (Å²) in [4.78, 5) is 18.9. The van der Waals surface area contributed by atoms with E-state index in [2.05, 4.69) is 4.98 Å². The summed E-state index contributed by atoms with van der Waals surface area (Å²) in [5.41, 5.74) is 2.98. The first-order valence-electron chi connectivity index (χ1n) is 8.46. The molecule has 0 unspecified atom stereocenters. The topological polar surface area (TPSA) is 47.4 Å². The number of nitrogens with zero attached hydrogens (tertiary/aromatic N) is 3. The number of carbonyl (C=O) groups excluding carboxylic acids is 1. The molecule has 0 bridgehead atoms. The molecule has 3 aromatic rings. The summed E-state index contributed by atoms with van der Waals surface area (Å²) in [5, 5.41) is 0. The van der Waals surface area contributed by atoms with E-state index in [0.29, 0.717) is 19.7 Å². The number of carbonyl (C=O) groups is 1. The van der Waals surface area contributed by atoms with Crippen LogP contribution in [0.25, 0.3) is 11.0 Å². The van der Waals surface area contributed by atoms with Crippen molar-refractivity contribution in [3.63, 3.8) is 0 Å². The first-order valence-corrected chi connectivity index (χ1v) is 8.46. The predicted octanol–water partition coefficient (Wildman–Crippen LogP) is 3.40. The zero-order chi connectivity index (χ0) is 17.8. The molecular weight excluding hydrogens is 314 g/mol. The molecule has 0 saturated heterocycles. The summed E-state index contributed by atoms with van der Waals surface area (Å²) >= 11 is 0. The van der Waals surface area contributed by atoms with Gasteiger partial charge in [0.1, 0.15) is 18.1 Å². The fourth-order valence-corrected chi connectivity index (χ4v) is 2.87. The highest BCUT2D eigenvalue weighted by Crippen LogP contribution is 2.17. The van der Waals surface area contributed by atoms with E-state index in [-0.39, 0.29) is 5.91 Å². The molecule has 0 atom stereocenters. The van der Waals surface area contributed by atoms with Crippen molar-refractivity contribution in [2.75, 3.05) is 13.7 Å². The Labute approximate surface area is 147 Å². The van der Waals surface area contributed by atoms with Gasteiger partial charge >= 0.3 is 0 Å². The van der Waals surface area contributed by atoms with Crippen LogP contribution in [-0.4, -0.2) is 34.0 Å². The Morgan fingerprint density at radius 2 is 1.88 bits per heavy atom. The van der Waals surface area contributed by atoms with Gasteiger partial charge < -0.3 is 14.2 Å². The smallest absolute Gasteiger partial charge is 0.242 e. The van der Waals surface area contributed by atoms with Gasteiger partial charge in [-0.2, -0.15) is 0 Å². The number of amides is 1. The fraction of sp³-hybridized carbons (Fsp3) is 0.300. The summed E-state index contributed by atoms with van der Waals surface area (Å²) in [6.07, 6.45) is 0. The lowest BCUT2D eigenvalue weighted by atomic mass is 10.2. The van der Waals surface area contributed by atoms with Gasteiger partial charge in [-0.25, -0.2) is 4.98 Å². The van der Waals surface area contributed by atoms with Crippen LogP contribution in [0, 0.1) is 6.92 Å². The van der Waals surface area contributed by atoms with Crippen molar-refractivity contribution in [1.29, 1.82) is 0 Å². The van der Waals surface area contributed by atoms with Crippen molar-refractivity contribution in [3.8, 4) is 5.75 Å². The third kappa shape index (κ3) is 3.82. The molecule has 3 rings (SSSR count). The molecule has 0 N–H and O–H groups in total. The molecule has 0 spiro atoms. The lowest BCUT2D eigenvalue weighted by Gasteiger charge is -2.18. The molecule has 5 nitrogen and oxygen atoms in total. The zero-order valence-corrected chi connectivity index (χ0v) is 14.9. The van der Waals surface area contributed by atoms with E-state index in [1.807, 2.05) is 74.0 Å². The largest absolute Gasteiger partial charge is 0.494 e. The highest BCUT2D eigenvalue weighted by Gasteiger charge is 2.14. The van der Waals surface area contributed by atoms with Gasteiger partial charge in [-0.15, -0.1) is 0 Å². The summed E-state index contributed by atoms with van der Waals surface area (Å²) in [5.74, 6) is 1.75. The third-order valence-electron chi connectivity index (χ3n) is 4.22. The Hall–Kier alpha value is -2.82. The van der Waals surface area contributed by atoms with Gasteiger partial charge in [0.05, 0.1) is 17.6 Å². The van der Waals surface area contributed by atoms with Gasteiger partial charge in [-0.1, -0.05) is 24.3 Å². The first-order chi connectivity index (χ1) is 12.1. The molecule has 0 aliphatic carbocycles. The summed E-state index contributed by atoms with van der Waals surface area (Å²) in [6.45, 7) is 5.40. The zero-order valence-electron chi connectivity index (χ0n) is 14.9. The molecule has 0 saturated carbocycles. The van der Waals surface area contributed by atoms with Crippen LogP contribution in [0.1, 0.15) is 18.3 Å². The van der Waals surface area contributed by atoms with Crippen LogP contribution in [0.15, 0.2) is 48.5 Å². The normalized spacial score (nSPS) is 10.8. The standard InChI is InChI=1S/C20H23N3O2/c1-4-25-17-11-9-16(10-12-17)13-22(3)20(24)14-23-15(2)21-18-7-5-6-8-19(18)23/h5-12H,4,13-14H2,1-3H3. The molecule has 130 valence electrons. The van der Waals surface area contributed by atoms with Crippen molar-refractivity contribution in [2.24, 2.45) is 0 Å². The second-order valence-corrected chi connectivity index (χ2v) is 6.06. The van der Waals surface area contributed by atoms with E-state index < -0.39 is 0 Å². The average Bonchev–Trinajstić information content (AvgIpc) is 2.92. The Bertz CT molecular complexity index is 868. The molecule has 5 heteroatoms. The summed E-state index contributed by atoms with van der Waals surface area (Å²) in [6, 6.07) is 15.7. The van der Waals surface area contributed by atoms with E-state index in [9.17, 15) is 4.79 Å². The van der Waals surface area contributed by atoms with Crippen LogP contribution in [0.2, 0.25) is 0 Å². The van der Waals surface area contributed by atoms with Crippen molar-refractivity contribution in [3.05, 3.63) is 59.9 Å². The quantitative estimate of drug-likeness (QED) is 0.692. The number of ether oxygens (including phenoxy) is 1. The average molecular weight is 337 g/mol. The van der Waals surface area contributed by atoms with E-state index in [1.54, 1.807) is 4.90 Å². The van der Waals surface area contributed by atoms with E-state index in [4.69, 9.17) is 4.74 Å². The van der Waals surface area contributed by atoms with Crippen molar-refractivity contribution < 1.29 is 9.53 Å².